The van der Waals surface area contributed by atoms with Crippen molar-refractivity contribution in [2.75, 3.05) is 4.90 Å². The van der Waals surface area contributed by atoms with Crippen molar-refractivity contribution in [1.29, 1.82) is 0 Å². The topological polar surface area (TPSA) is 15.6 Å². The number of rotatable bonds is 8. The van der Waals surface area contributed by atoms with Crippen molar-refractivity contribution in [2.24, 2.45) is 4.99 Å². The van der Waals surface area contributed by atoms with Gasteiger partial charge >= 0.3 is 0 Å². The molecule has 0 aromatic heterocycles. The summed E-state index contributed by atoms with van der Waals surface area (Å²) in [6.07, 6.45) is 2.11. The summed E-state index contributed by atoms with van der Waals surface area (Å²) in [5, 5.41) is 5.60. The van der Waals surface area contributed by atoms with E-state index in [-0.39, 0.29) is 6.71 Å². The van der Waals surface area contributed by atoms with Gasteiger partial charge in [0, 0.05) is 42.2 Å². The minimum absolute atomic E-state index is 0.129. The summed E-state index contributed by atoms with van der Waals surface area (Å²) in [5.41, 5.74) is 15.6. The van der Waals surface area contributed by atoms with Crippen molar-refractivity contribution < 1.29 is 0 Å². The number of nitrogens with zero attached hydrogens (tertiary/aromatic N) is 2. The van der Waals surface area contributed by atoms with Crippen LogP contribution >= 0.6 is 23.5 Å². The van der Waals surface area contributed by atoms with E-state index < -0.39 is 8.07 Å². The molecule has 3 aliphatic rings. The molecule has 0 atom stereocenters. The van der Waals surface area contributed by atoms with E-state index in [1.807, 2.05) is 23.5 Å². The van der Waals surface area contributed by atoms with Crippen molar-refractivity contribution >= 4 is 109 Å². The second-order valence-corrected chi connectivity index (χ2v) is 23.7. The van der Waals surface area contributed by atoms with Gasteiger partial charge in [-0.05, 0) is 106 Å². The maximum Gasteiger partial charge on any atom is 0.247 e. The molecule has 0 amide bonds. The zero-order valence-electron chi connectivity index (χ0n) is 38.2. The Kier molecular flexibility index (Phi) is 10.9. The van der Waals surface area contributed by atoms with Gasteiger partial charge in [0.2, 0.25) is 6.71 Å². The quantitative estimate of drug-likeness (QED) is 0.112. The molecule has 9 aromatic carbocycles. The van der Waals surface area contributed by atoms with Gasteiger partial charge in [-0.2, -0.15) is 0 Å². The molecule has 0 saturated heterocycles. The molecule has 0 spiro atoms. The van der Waals surface area contributed by atoms with E-state index in [1.165, 1.54) is 84.9 Å². The molecule has 324 valence electrons. The van der Waals surface area contributed by atoms with Crippen molar-refractivity contribution in [1.82, 2.24) is 0 Å². The van der Waals surface area contributed by atoms with Crippen LogP contribution < -0.4 is 42.0 Å². The fourth-order valence-electron chi connectivity index (χ4n) is 10.9. The number of fused-ring (bicyclic) bond motifs is 6. The summed E-state index contributed by atoms with van der Waals surface area (Å²) in [6, 6.07) is 83.4. The van der Waals surface area contributed by atoms with Crippen LogP contribution in [0.25, 0.3) is 11.3 Å². The lowest BCUT2D eigenvalue weighted by Gasteiger charge is -2.45. The van der Waals surface area contributed by atoms with Crippen molar-refractivity contribution in [3.05, 3.63) is 253 Å². The van der Waals surface area contributed by atoms with Gasteiger partial charge in [0.15, 0.2) is 8.07 Å². The highest BCUT2D eigenvalue weighted by atomic mass is 32.2. The molecular formula is C62H47BN2S2Si. The van der Waals surface area contributed by atoms with E-state index in [1.54, 1.807) is 0 Å². The number of allylic oxidation sites excluding steroid dienone is 3. The van der Waals surface area contributed by atoms with Crippen molar-refractivity contribution in [3.63, 3.8) is 0 Å². The molecule has 3 aliphatic heterocycles. The molecule has 0 bridgehead atoms. The average Bonchev–Trinajstić information content (AvgIpc) is 3.40. The maximum atomic E-state index is 5.41. The van der Waals surface area contributed by atoms with Crippen molar-refractivity contribution in [3.8, 4) is 0 Å². The highest BCUT2D eigenvalue weighted by Crippen LogP contribution is 2.45. The first-order chi connectivity index (χ1) is 33.5. The molecule has 0 saturated carbocycles. The summed E-state index contributed by atoms with van der Waals surface area (Å²) >= 11 is 3.85. The van der Waals surface area contributed by atoms with E-state index in [4.69, 9.17) is 4.99 Å². The summed E-state index contributed by atoms with van der Waals surface area (Å²) < 4.78 is 0. The van der Waals surface area contributed by atoms with Gasteiger partial charge in [-0.3, -0.25) is 0 Å². The lowest BCUT2D eigenvalue weighted by molar-refractivity contribution is 1.24. The fourth-order valence-corrected chi connectivity index (χ4v) is 18.5. The van der Waals surface area contributed by atoms with Crippen LogP contribution in [0, 0.1) is 0 Å². The Morgan fingerprint density at radius 1 is 0.485 bits per heavy atom. The molecule has 12 rings (SSSR count). The standard InChI is InChI=1S/C62H47BN2S2Si/c1-4-52(44-23-9-5-10-24-44)64-62(45-25-11-6-12-26-45)43(3)42(2)46-37-38-51-56(39-46)67-58-41-47(40-57-61(58)63(51)50-31-17-20-34-55(50)66-57)65-53-32-18-21-35-59(53)68(48-27-13-7-14-28-48,49-29-15-8-16-30-49)60-36-22-19-33-54(60)65/h4-41H,1-3H3/b43-42+,52-4-,64-62-. The molecule has 3 heterocycles. The lowest BCUT2D eigenvalue weighted by Crippen LogP contribution is -2.77. The molecule has 0 aliphatic carbocycles. The molecule has 0 N–H and O–H groups in total. The van der Waals surface area contributed by atoms with E-state index in [0.717, 1.165) is 28.1 Å². The highest BCUT2D eigenvalue weighted by molar-refractivity contribution is 8.01. The first-order valence-corrected chi connectivity index (χ1v) is 27.1. The van der Waals surface area contributed by atoms with Gasteiger partial charge in [0.1, 0.15) is 0 Å². The van der Waals surface area contributed by atoms with E-state index in [9.17, 15) is 0 Å². The third-order valence-electron chi connectivity index (χ3n) is 14.1. The Hall–Kier alpha value is -7.09. The molecular weight excluding hydrogens is 876 g/mol. The van der Waals surface area contributed by atoms with Crippen LogP contribution in [0.5, 0.6) is 0 Å². The SMILES string of the molecule is C\C=C(/N=C(/C(C)=C(\C)c1ccc2c(c1)Sc1cc(N3c4ccccc4[Si](c4ccccc4)(c4ccccc4)c4ccccc43)cc3c1B2c1ccccc1S3)c1ccccc1)c1ccccc1. The minimum Gasteiger partial charge on any atom is -0.311 e. The van der Waals surface area contributed by atoms with Gasteiger partial charge in [0.25, 0.3) is 0 Å². The largest absolute Gasteiger partial charge is 0.311 e. The van der Waals surface area contributed by atoms with E-state index in [2.05, 4.69) is 256 Å². The van der Waals surface area contributed by atoms with Crippen LogP contribution in [0.3, 0.4) is 0 Å². The van der Waals surface area contributed by atoms with Gasteiger partial charge < -0.3 is 4.90 Å². The van der Waals surface area contributed by atoms with E-state index in [0.29, 0.717) is 0 Å². The van der Waals surface area contributed by atoms with Gasteiger partial charge in [-0.25, -0.2) is 4.99 Å². The van der Waals surface area contributed by atoms with Crippen LogP contribution in [0.2, 0.25) is 0 Å². The third-order valence-corrected chi connectivity index (χ3v) is 21.3. The molecule has 0 fully saturated rings. The second kappa shape index (κ2) is 17.5. The number of anilines is 3. The summed E-state index contributed by atoms with van der Waals surface area (Å²) in [5.74, 6) is 0. The molecule has 6 heteroatoms. The van der Waals surface area contributed by atoms with Crippen LogP contribution in [-0.4, -0.2) is 20.5 Å². The Morgan fingerprint density at radius 3 is 1.59 bits per heavy atom. The van der Waals surface area contributed by atoms with Crippen LogP contribution in [-0.2, 0) is 0 Å². The predicted octanol–water partition coefficient (Wildman–Crippen LogP) is 11.6. The average molecular weight is 923 g/mol. The smallest absolute Gasteiger partial charge is 0.247 e. The number of aliphatic imine (C=N–C) groups is 1. The second-order valence-electron chi connectivity index (χ2n) is 17.8. The Balaban J connectivity index is 1.02. The Bertz CT molecular complexity index is 3410. The fraction of sp³-hybridized carbons (Fsp3) is 0.0484. The maximum absolute atomic E-state index is 5.41. The normalized spacial score (nSPS) is 14.8. The van der Waals surface area contributed by atoms with Crippen LogP contribution in [0.15, 0.2) is 261 Å². The number of benzene rings is 9. The Morgan fingerprint density at radius 2 is 0.985 bits per heavy atom. The van der Waals surface area contributed by atoms with Gasteiger partial charge in [0.05, 0.1) is 11.4 Å². The van der Waals surface area contributed by atoms with E-state index >= 15 is 0 Å². The lowest BCUT2D eigenvalue weighted by atomic mass is 9.36. The summed E-state index contributed by atoms with van der Waals surface area (Å²) in [7, 11) is -2.75. The van der Waals surface area contributed by atoms with Gasteiger partial charge in [-0.1, -0.05) is 229 Å². The zero-order chi connectivity index (χ0) is 45.8. The first-order valence-electron chi connectivity index (χ1n) is 23.4. The molecule has 68 heavy (non-hydrogen) atoms. The Labute approximate surface area is 410 Å². The number of hydrogen-bond acceptors (Lipinski definition) is 4. The zero-order valence-corrected chi connectivity index (χ0v) is 40.9. The number of para-hydroxylation sites is 2. The van der Waals surface area contributed by atoms with Gasteiger partial charge in [-0.15, -0.1) is 0 Å². The molecule has 9 aromatic rings. The summed E-state index contributed by atoms with van der Waals surface area (Å²) in [4.78, 5) is 13.2. The van der Waals surface area contributed by atoms with Crippen molar-refractivity contribution in [2.45, 2.75) is 40.4 Å². The predicted molar refractivity (Wildman–Crippen MR) is 295 cm³/mol. The van der Waals surface area contributed by atoms with Crippen LogP contribution in [0.4, 0.5) is 17.1 Å². The highest BCUT2D eigenvalue weighted by Gasteiger charge is 2.49. The molecule has 0 unspecified atom stereocenters. The summed E-state index contributed by atoms with van der Waals surface area (Å²) in [6.45, 7) is 6.70. The number of hydrogen-bond donors (Lipinski definition) is 0. The molecule has 2 nitrogen and oxygen atoms in total. The monoisotopic (exact) mass is 922 g/mol. The third kappa shape index (κ3) is 6.92. The molecule has 0 radical (unpaired) electrons. The first kappa shape index (κ1) is 42.3. The van der Waals surface area contributed by atoms with Crippen LogP contribution in [0.1, 0.15) is 37.5 Å². The minimum atomic E-state index is -2.75.